The number of benzene rings is 1. The summed E-state index contributed by atoms with van der Waals surface area (Å²) in [6, 6.07) is 8.54. The van der Waals surface area contributed by atoms with Gasteiger partial charge >= 0.3 is 0 Å². The number of aliphatic imine (C=N–C) groups is 1. The van der Waals surface area contributed by atoms with Gasteiger partial charge in [-0.2, -0.15) is 0 Å². The van der Waals surface area contributed by atoms with E-state index in [1.54, 1.807) is 6.20 Å². The van der Waals surface area contributed by atoms with Gasteiger partial charge in [0.2, 0.25) is 5.89 Å². The molecular formula is C20H31IN4O. The predicted molar refractivity (Wildman–Crippen MR) is 118 cm³/mol. The lowest BCUT2D eigenvalue weighted by molar-refractivity contribution is 0.383. The van der Waals surface area contributed by atoms with Gasteiger partial charge in [-0.3, -0.25) is 0 Å². The molecule has 1 atom stereocenters. The average molecular weight is 470 g/mol. The van der Waals surface area contributed by atoms with Crippen LogP contribution in [0.15, 0.2) is 39.9 Å². The quantitative estimate of drug-likeness (QED) is 0.377. The van der Waals surface area contributed by atoms with Crippen LogP contribution in [0.1, 0.15) is 63.4 Å². The first-order chi connectivity index (χ1) is 11.8. The Labute approximate surface area is 174 Å². The highest BCUT2D eigenvalue weighted by molar-refractivity contribution is 14.0. The second-order valence-corrected chi connectivity index (χ2v) is 7.29. The van der Waals surface area contributed by atoms with Crippen molar-refractivity contribution in [2.24, 2.45) is 4.99 Å². The Morgan fingerprint density at radius 1 is 1.27 bits per heavy atom. The van der Waals surface area contributed by atoms with E-state index in [9.17, 15) is 0 Å². The fourth-order valence-electron chi connectivity index (χ4n) is 2.55. The summed E-state index contributed by atoms with van der Waals surface area (Å²) in [5, 5.41) is 6.73. The van der Waals surface area contributed by atoms with E-state index in [0.717, 1.165) is 18.3 Å². The number of rotatable bonds is 5. The number of guanidine groups is 1. The zero-order valence-electron chi connectivity index (χ0n) is 16.6. The third-order valence-electron chi connectivity index (χ3n) is 4.02. The number of nitrogens with zero attached hydrogens (tertiary/aromatic N) is 2. The van der Waals surface area contributed by atoms with Crippen LogP contribution in [0, 0.1) is 6.92 Å². The van der Waals surface area contributed by atoms with Crippen LogP contribution in [0.2, 0.25) is 0 Å². The first-order valence-electron chi connectivity index (χ1n) is 8.86. The van der Waals surface area contributed by atoms with Crippen molar-refractivity contribution < 1.29 is 4.42 Å². The van der Waals surface area contributed by atoms with Crippen molar-refractivity contribution in [1.82, 2.24) is 15.6 Å². The molecule has 0 fully saturated rings. The molecule has 2 N–H and O–H groups in total. The van der Waals surface area contributed by atoms with Crippen molar-refractivity contribution >= 4 is 29.9 Å². The third kappa shape index (κ3) is 6.30. The highest BCUT2D eigenvalue weighted by atomic mass is 127. The van der Waals surface area contributed by atoms with E-state index in [1.165, 1.54) is 11.1 Å². The minimum Gasteiger partial charge on any atom is -0.443 e. The van der Waals surface area contributed by atoms with Gasteiger partial charge in [-0.1, -0.05) is 45.0 Å². The highest BCUT2D eigenvalue weighted by Crippen LogP contribution is 2.23. The summed E-state index contributed by atoms with van der Waals surface area (Å²) in [5.74, 6) is 2.27. The Hall–Kier alpha value is -1.57. The van der Waals surface area contributed by atoms with Gasteiger partial charge in [0.25, 0.3) is 0 Å². The van der Waals surface area contributed by atoms with Crippen molar-refractivity contribution in [2.45, 2.75) is 59.5 Å². The molecule has 0 spiro atoms. The number of halogens is 1. The van der Waals surface area contributed by atoms with Crippen LogP contribution in [-0.4, -0.2) is 17.5 Å². The molecule has 5 nitrogen and oxygen atoms in total. The number of nitrogens with one attached hydrogen (secondary N) is 2. The zero-order chi connectivity index (χ0) is 18.4. The van der Waals surface area contributed by atoms with Gasteiger partial charge in [0.1, 0.15) is 12.3 Å². The SMILES string of the molecule is CCNC(=NCc1ncc(C(C)(C)C)o1)NC(C)c1ccccc1C.I. The summed E-state index contributed by atoms with van der Waals surface area (Å²) in [7, 11) is 0. The van der Waals surface area contributed by atoms with E-state index in [4.69, 9.17) is 4.42 Å². The Morgan fingerprint density at radius 3 is 2.54 bits per heavy atom. The normalized spacial score (nSPS) is 13.1. The second-order valence-electron chi connectivity index (χ2n) is 7.29. The fourth-order valence-corrected chi connectivity index (χ4v) is 2.55. The first-order valence-corrected chi connectivity index (χ1v) is 8.86. The smallest absolute Gasteiger partial charge is 0.216 e. The summed E-state index contributed by atoms with van der Waals surface area (Å²) in [6.45, 7) is 13.8. The number of oxazole rings is 1. The predicted octanol–water partition coefficient (Wildman–Crippen LogP) is 4.71. The molecule has 1 aromatic carbocycles. The number of aryl methyl sites for hydroxylation is 1. The van der Waals surface area contributed by atoms with Crippen molar-refractivity contribution in [3.8, 4) is 0 Å². The molecule has 0 amide bonds. The Balaban J connectivity index is 0.00000338. The minimum atomic E-state index is -0.0446. The summed E-state index contributed by atoms with van der Waals surface area (Å²) in [5.41, 5.74) is 2.48. The summed E-state index contributed by atoms with van der Waals surface area (Å²) in [4.78, 5) is 8.95. The highest BCUT2D eigenvalue weighted by Gasteiger charge is 2.19. The van der Waals surface area contributed by atoms with Crippen molar-refractivity contribution in [3.63, 3.8) is 0 Å². The zero-order valence-corrected chi connectivity index (χ0v) is 18.9. The third-order valence-corrected chi connectivity index (χ3v) is 4.02. The van der Waals surface area contributed by atoms with Crippen LogP contribution in [-0.2, 0) is 12.0 Å². The van der Waals surface area contributed by atoms with E-state index in [2.05, 4.69) is 86.4 Å². The number of hydrogen-bond acceptors (Lipinski definition) is 3. The lowest BCUT2D eigenvalue weighted by Crippen LogP contribution is -2.38. The minimum absolute atomic E-state index is 0. The van der Waals surface area contributed by atoms with Crippen molar-refractivity contribution in [1.29, 1.82) is 0 Å². The van der Waals surface area contributed by atoms with Gasteiger partial charge in [-0.25, -0.2) is 9.98 Å². The maximum absolute atomic E-state index is 5.81. The molecule has 0 saturated heterocycles. The molecule has 0 aliphatic carbocycles. The van der Waals surface area contributed by atoms with E-state index in [0.29, 0.717) is 12.4 Å². The molecule has 0 aliphatic heterocycles. The summed E-state index contributed by atoms with van der Waals surface area (Å²) in [6.07, 6.45) is 1.79. The molecular weight excluding hydrogens is 439 g/mol. The van der Waals surface area contributed by atoms with Crippen LogP contribution in [0.4, 0.5) is 0 Å². The van der Waals surface area contributed by atoms with Crippen LogP contribution >= 0.6 is 24.0 Å². The Bertz CT molecular complexity index is 719. The van der Waals surface area contributed by atoms with E-state index in [1.807, 2.05) is 0 Å². The molecule has 0 aliphatic rings. The summed E-state index contributed by atoms with van der Waals surface area (Å²) < 4.78 is 5.81. The van der Waals surface area contributed by atoms with Gasteiger partial charge in [0.15, 0.2) is 5.96 Å². The lowest BCUT2D eigenvalue weighted by Gasteiger charge is -2.19. The van der Waals surface area contributed by atoms with E-state index < -0.39 is 0 Å². The van der Waals surface area contributed by atoms with Gasteiger partial charge in [-0.15, -0.1) is 24.0 Å². The van der Waals surface area contributed by atoms with Gasteiger partial charge < -0.3 is 15.1 Å². The number of aromatic nitrogens is 1. The average Bonchev–Trinajstić information content (AvgIpc) is 3.02. The van der Waals surface area contributed by atoms with Gasteiger partial charge in [-0.05, 0) is 31.9 Å². The largest absolute Gasteiger partial charge is 0.443 e. The molecule has 0 saturated carbocycles. The molecule has 144 valence electrons. The molecule has 1 heterocycles. The van der Waals surface area contributed by atoms with Crippen LogP contribution < -0.4 is 10.6 Å². The van der Waals surface area contributed by atoms with Crippen LogP contribution in [0.3, 0.4) is 0 Å². The van der Waals surface area contributed by atoms with Crippen molar-refractivity contribution in [3.05, 3.63) is 53.2 Å². The molecule has 2 rings (SSSR count). The molecule has 1 unspecified atom stereocenters. The lowest BCUT2D eigenvalue weighted by atomic mass is 9.94. The maximum atomic E-state index is 5.81. The molecule has 26 heavy (non-hydrogen) atoms. The Morgan fingerprint density at radius 2 is 1.96 bits per heavy atom. The number of hydrogen-bond donors (Lipinski definition) is 2. The van der Waals surface area contributed by atoms with Crippen molar-refractivity contribution in [2.75, 3.05) is 6.54 Å². The second kappa shape index (κ2) is 9.94. The standard InChI is InChI=1S/C20H30N4O.HI/c1-7-21-19(24-15(3)16-11-9-8-10-14(16)2)23-13-18-22-12-17(25-18)20(4,5)6;/h8-12,15H,7,13H2,1-6H3,(H2,21,23,24);1H. The first kappa shape index (κ1) is 22.5. The Kier molecular flexibility index (Phi) is 8.59. The maximum Gasteiger partial charge on any atom is 0.216 e. The fraction of sp³-hybridized carbons (Fsp3) is 0.500. The topological polar surface area (TPSA) is 62.5 Å². The van der Waals surface area contributed by atoms with E-state index >= 15 is 0 Å². The van der Waals surface area contributed by atoms with E-state index in [-0.39, 0.29) is 35.4 Å². The summed E-state index contributed by atoms with van der Waals surface area (Å²) >= 11 is 0. The van der Waals surface area contributed by atoms with Gasteiger partial charge in [0.05, 0.1) is 12.2 Å². The molecule has 0 radical (unpaired) electrons. The molecule has 1 aromatic heterocycles. The molecule has 0 bridgehead atoms. The molecule has 6 heteroatoms. The molecule has 2 aromatic rings. The van der Waals surface area contributed by atoms with Gasteiger partial charge in [0, 0.05) is 12.0 Å². The van der Waals surface area contributed by atoms with Crippen LogP contribution in [0.25, 0.3) is 0 Å². The monoisotopic (exact) mass is 470 g/mol. The van der Waals surface area contributed by atoms with Crippen LogP contribution in [0.5, 0.6) is 0 Å².